The Hall–Kier alpha value is -0.120. The molecule has 3 nitrogen and oxygen atoms in total. The molecule has 2 aliphatic rings. The largest absolute Gasteiger partial charge is 0.378 e. The summed E-state index contributed by atoms with van der Waals surface area (Å²) < 4.78 is 5.60. The van der Waals surface area contributed by atoms with Crippen molar-refractivity contribution in [3.05, 3.63) is 0 Å². The Labute approximate surface area is 86.8 Å². The Morgan fingerprint density at radius 3 is 2.93 bits per heavy atom. The van der Waals surface area contributed by atoms with Crippen LogP contribution >= 0.6 is 0 Å². The summed E-state index contributed by atoms with van der Waals surface area (Å²) >= 11 is 0. The van der Waals surface area contributed by atoms with Crippen molar-refractivity contribution >= 4 is 0 Å². The quantitative estimate of drug-likeness (QED) is 0.707. The highest BCUT2D eigenvalue weighted by atomic mass is 16.5. The fourth-order valence-electron chi connectivity index (χ4n) is 2.47. The summed E-state index contributed by atoms with van der Waals surface area (Å²) in [6.45, 7) is 10.2. The zero-order valence-electron chi connectivity index (χ0n) is 9.33. The molecule has 2 saturated heterocycles. The number of piperazine rings is 1. The van der Waals surface area contributed by atoms with Crippen LogP contribution in [0.3, 0.4) is 0 Å². The molecule has 0 aromatic heterocycles. The van der Waals surface area contributed by atoms with Crippen LogP contribution in [0, 0.1) is 5.92 Å². The van der Waals surface area contributed by atoms with Crippen molar-refractivity contribution in [2.24, 2.45) is 5.92 Å². The van der Waals surface area contributed by atoms with E-state index in [1.165, 1.54) is 19.5 Å². The lowest BCUT2D eigenvalue weighted by atomic mass is 10.0. The van der Waals surface area contributed by atoms with Gasteiger partial charge in [-0.1, -0.05) is 0 Å². The Morgan fingerprint density at radius 2 is 2.29 bits per heavy atom. The summed E-state index contributed by atoms with van der Waals surface area (Å²) in [5.74, 6) is 0.760. The van der Waals surface area contributed by atoms with Gasteiger partial charge in [0, 0.05) is 38.8 Å². The molecular weight excluding hydrogens is 176 g/mol. The van der Waals surface area contributed by atoms with Crippen molar-refractivity contribution < 1.29 is 4.74 Å². The van der Waals surface area contributed by atoms with Gasteiger partial charge in [-0.15, -0.1) is 0 Å². The van der Waals surface area contributed by atoms with Gasteiger partial charge in [0.05, 0.1) is 6.10 Å². The van der Waals surface area contributed by atoms with E-state index in [1.807, 2.05) is 0 Å². The molecule has 0 radical (unpaired) electrons. The van der Waals surface area contributed by atoms with Gasteiger partial charge in [0.2, 0.25) is 0 Å². The molecule has 0 bridgehead atoms. The van der Waals surface area contributed by atoms with E-state index < -0.39 is 0 Å². The van der Waals surface area contributed by atoms with Crippen molar-refractivity contribution in [2.75, 3.05) is 32.8 Å². The third kappa shape index (κ3) is 2.27. The molecule has 0 aliphatic carbocycles. The van der Waals surface area contributed by atoms with Gasteiger partial charge in [0.15, 0.2) is 0 Å². The first-order valence-electron chi connectivity index (χ1n) is 5.83. The summed E-state index contributed by atoms with van der Waals surface area (Å²) in [6.07, 6.45) is 1.72. The molecule has 1 N–H and O–H groups in total. The van der Waals surface area contributed by atoms with E-state index in [4.69, 9.17) is 4.74 Å². The van der Waals surface area contributed by atoms with Gasteiger partial charge in [0.25, 0.3) is 0 Å². The number of nitrogens with zero attached hydrogens (tertiary/aromatic N) is 1. The van der Waals surface area contributed by atoms with Crippen LogP contribution in [0.1, 0.15) is 20.3 Å². The molecule has 0 saturated carbocycles. The number of ether oxygens (including phenoxy) is 1. The van der Waals surface area contributed by atoms with Crippen LogP contribution in [0.5, 0.6) is 0 Å². The lowest BCUT2D eigenvalue weighted by Gasteiger charge is -2.36. The van der Waals surface area contributed by atoms with Crippen LogP contribution in [-0.4, -0.2) is 49.8 Å². The minimum absolute atomic E-state index is 0.470. The first kappa shape index (κ1) is 10.4. The maximum absolute atomic E-state index is 5.60. The summed E-state index contributed by atoms with van der Waals surface area (Å²) in [7, 11) is 0. The minimum Gasteiger partial charge on any atom is -0.378 e. The number of hydrogen-bond donors (Lipinski definition) is 1. The second kappa shape index (κ2) is 4.60. The highest BCUT2D eigenvalue weighted by molar-refractivity contribution is 4.82. The molecule has 82 valence electrons. The van der Waals surface area contributed by atoms with Crippen molar-refractivity contribution in [1.82, 2.24) is 10.2 Å². The molecule has 0 amide bonds. The SMILES string of the molecule is CC1OCCC1CN1CCNCC1C. The highest BCUT2D eigenvalue weighted by Gasteiger charge is 2.28. The third-order valence-corrected chi connectivity index (χ3v) is 3.64. The molecule has 3 heteroatoms. The van der Waals surface area contributed by atoms with E-state index in [1.54, 1.807) is 0 Å². The van der Waals surface area contributed by atoms with Gasteiger partial charge < -0.3 is 10.1 Å². The molecule has 3 unspecified atom stereocenters. The van der Waals surface area contributed by atoms with Crippen molar-refractivity contribution in [1.29, 1.82) is 0 Å². The Morgan fingerprint density at radius 1 is 1.43 bits per heavy atom. The molecule has 0 aromatic rings. The lowest BCUT2D eigenvalue weighted by Crippen LogP contribution is -2.51. The van der Waals surface area contributed by atoms with Crippen LogP contribution in [0.4, 0.5) is 0 Å². The minimum atomic E-state index is 0.470. The third-order valence-electron chi connectivity index (χ3n) is 3.64. The second-order valence-electron chi connectivity index (χ2n) is 4.67. The van der Waals surface area contributed by atoms with E-state index in [2.05, 4.69) is 24.1 Å². The standard InChI is InChI=1S/C11H22N2O/c1-9-7-12-4-5-13(9)8-11-3-6-14-10(11)2/h9-12H,3-8H2,1-2H3. The summed E-state index contributed by atoms with van der Waals surface area (Å²) in [4.78, 5) is 2.60. The van der Waals surface area contributed by atoms with Crippen LogP contribution in [-0.2, 0) is 4.74 Å². The van der Waals surface area contributed by atoms with E-state index in [9.17, 15) is 0 Å². The fourth-order valence-corrected chi connectivity index (χ4v) is 2.47. The fraction of sp³-hybridized carbons (Fsp3) is 1.00. The van der Waals surface area contributed by atoms with Crippen LogP contribution in [0.25, 0.3) is 0 Å². The second-order valence-corrected chi connectivity index (χ2v) is 4.67. The summed E-state index contributed by atoms with van der Waals surface area (Å²) in [5.41, 5.74) is 0. The Bertz CT molecular complexity index is 186. The average molecular weight is 198 g/mol. The van der Waals surface area contributed by atoms with Crippen LogP contribution < -0.4 is 5.32 Å². The Balaban J connectivity index is 1.83. The van der Waals surface area contributed by atoms with Crippen LogP contribution in [0.2, 0.25) is 0 Å². The zero-order valence-corrected chi connectivity index (χ0v) is 9.33. The topological polar surface area (TPSA) is 24.5 Å². The number of nitrogens with one attached hydrogen (secondary N) is 1. The molecule has 2 rings (SSSR count). The number of hydrogen-bond acceptors (Lipinski definition) is 3. The van der Waals surface area contributed by atoms with Gasteiger partial charge in [-0.05, 0) is 26.2 Å². The number of rotatable bonds is 2. The summed E-state index contributed by atoms with van der Waals surface area (Å²) in [5, 5.41) is 3.43. The molecule has 0 aromatic carbocycles. The molecule has 0 spiro atoms. The van der Waals surface area contributed by atoms with Crippen molar-refractivity contribution in [3.63, 3.8) is 0 Å². The van der Waals surface area contributed by atoms with E-state index in [0.717, 1.165) is 25.6 Å². The van der Waals surface area contributed by atoms with Gasteiger partial charge in [-0.3, -0.25) is 4.90 Å². The van der Waals surface area contributed by atoms with E-state index in [-0.39, 0.29) is 0 Å². The first-order chi connectivity index (χ1) is 6.77. The van der Waals surface area contributed by atoms with Crippen LogP contribution in [0.15, 0.2) is 0 Å². The molecule has 2 aliphatic heterocycles. The van der Waals surface area contributed by atoms with E-state index in [0.29, 0.717) is 12.1 Å². The average Bonchev–Trinajstić information content (AvgIpc) is 2.56. The van der Waals surface area contributed by atoms with Gasteiger partial charge >= 0.3 is 0 Å². The van der Waals surface area contributed by atoms with Gasteiger partial charge in [-0.2, -0.15) is 0 Å². The zero-order chi connectivity index (χ0) is 9.97. The highest BCUT2D eigenvalue weighted by Crippen LogP contribution is 2.22. The maximum Gasteiger partial charge on any atom is 0.0588 e. The molecule has 14 heavy (non-hydrogen) atoms. The normalized spacial score (nSPS) is 40.3. The lowest BCUT2D eigenvalue weighted by molar-refractivity contribution is 0.0795. The van der Waals surface area contributed by atoms with Gasteiger partial charge in [-0.25, -0.2) is 0 Å². The molecule has 2 fully saturated rings. The monoisotopic (exact) mass is 198 g/mol. The van der Waals surface area contributed by atoms with Crippen molar-refractivity contribution in [3.8, 4) is 0 Å². The predicted molar refractivity (Wildman–Crippen MR) is 57.4 cm³/mol. The Kier molecular flexibility index (Phi) is 3.42. The summed E-state index contributed by atoms with van der Waals surface area (Å²) in [6, 6.07) is 0.691. The first-order valence-corrected chi connectivity index (χ1v) is 5.83. The van der Waals surface area contributed by atoms with E-state index >= 15 is 0 Å². The van der Waals surface area contributed by atoms with Gasteiger partial charge in [0.1, 0.15) is 0 Å². The maximum atomic E-state index is 5.60. The molecular formula is C11H22N2O. The van der Waals surface area contributed by atoms with Crippen molar-refractivity contribution in [2.45, 2.75) is 32.4 Å². The molecule has 3 atom stereocenters. The smallest absolute Gasteiger partial charge is 0.0588 e. The molecule has 2 heterocycles. The predicted octanol–water partition coefficient (Wildman–Crippen LogP) is 0.705.